The van der Waals surface area contributed by atoms with E-state index in [0.717, 1.165) is 35.1 Å². The smallest absolute Gasteiger partial charge is 0.338 e. The van der Waals surface area contributed by atoms with E-state index in [1.54, 1.807) is 0 Å². The lowest BCUT2D eigenvalue weighted by atomic mass is 9.90. The third-order valence-electron chi connectivity index (χ3n) is 4.99. The Labute approximate surface area is 179 Å². The molecular formula is C27H28O3. The van der Waals surface area contributed by atoms with E-state index in [2.05, 4.69) is 30.3 Å². The van der Waals surface area contributed by atoms with Crippen molar-refractivity contribution in [2.24, 2.45) is 0 Å². The third kappa shape index (κ3) is 5.91. The van der Waals surface area contributed by atoms with E-state index < -0.39 is 0 Å². The van der Waals surface area contributed by atoms with Crippen molar-refractivity contribution >= 4 is 17.6 Å². The van der Waals surface area contributed by atoms with Crippen LogP contribution < -0.4 is 0 Å². The summed E-state index contributed by atoms with van der Waals surface area (Å²) in [7, 11) is 1.42. The van der Waals surface area contributed by atoms with Crippen LogP contribution in [0.25, 0.3) is 11.6 Å². The van der Waals surface area contributed by atoms with E-state index in [1.807, 2.05) is 61.5 Å². The highest BCUT2D eigenvalue weighted by Gasteiger charge is 2.17. The van der Waals surface area contributed by atoms with Gasteiger partial charge in [-0.05, 0) is 53.7 Å². The molecule has 0 aliphatic heterocycles. The van der Waals surface area contributed by atoms with E-state index in [-0.39, 0.29) is 5.97 Å². The van der Waals surface area contributed by atoms with Gasteiger partial charge in [0.25, 0.3) is 0 Å². The lowest BCUT2D eigenvalue weighted by Crippen LogP contribution is -2.07. The predicted molar refractivity (Wildman–Crippen MR) is 122 cm³/mol. The molecule has 3 aromatic carbocycles. The molecule has 3 rings (SSSR count). The van der Waals surface area contributed by atoms with Crippen molar-refractivity contribution in [1.82, 2.24) is 0 Å². The van der Waals surface area contributed by atoms with Gasteiger partial charge in [-0.3, -0.25) is 0 Å². The number of benzene rings is 3. The molecule has 30 heavy (non-hydrogen) atoms. The zero-order valence-electron chi connectivity index (χ0n) is 17.6. The first-order chi connectivity index (χ1) is 14.7. The number of carbonyl (C=O) groups excluding carboxylic acids is 1. The molecule has 0 aliphatic rings. The normalized spacial score (nSPS) is 11.3. The summed E-state index contributed by atoms with van der Waals surface area (Å²) < 4.78 is 10.9. The standard InChI is InChI=1S/C27H28O3/c1-21-11-9-17-25(27(28)29-2)26(21)24(19-22-12-5-3-6-13-22)16-10-18-30-20-23-14-7-4-8-15-23/h3-9,11-15,17,19H,10,16,18,20H2,1-2H3/b24-19-. The van der Waals surface area contributed by atoms with Gasteiger partial charge in [-0.25, -0.2) is 4.79 Å². The first kappa shape index (κ1) is 21.5. The largest absolute Gasteiger partial charge is 0.465 e. The summed E-state index contributed by atoms with van der Waals surface area (Å²) in [6, 6.07) is 26.1. The van der Waals surface area contributed by atoms with Crippen LogP contribution >= 0.6 is 0 Å². The molecule has 0 aliphatic carbocycles. The number of ether oxygens (including phenoxy) is 2. The highest BCUT2D eigenvalue weighted by Crippen LogP contribution is 2.30. The minimum Gasteiger partial charge on any atom is -0.465 e. The van der Waals surface area contributed by atoms with Gasteiger partial charge >= 0.3 is 5.97 Å². The van der Waals surface area contributed by atoms with Crippen LogP contribution in [0.2, 0.25) is 0 Å². The number of esters is 1. The van der Waals surface area contributed by atoms with Gasteiger partial charge in [0.05, 0.1) is 19.3 Å². The number of carbonyl (C=O) groups is 1. The Kier molecular flexibility index (Phi) is 7.99. The Bertz CT molecular complexity index is 976. The Hall–Kier alpha value is -3.17. The van der Waals surface area contributed by atoms with Crippen molar-refractivity contribution in [2.45, 2.75) is 26.4 Å². The van der Waals surface area contributed by atoms with Crippen LogP contribution in [0.5, 0.6) is 0 Å². The molecular weight excluding hydrogens is 372 g/mol. The average molecular weight is 401 g/mol. The highest BCUT2D eigenvalue weighted by molar-refractivity contribution is 5.98. The molecule has 0 radical (unpaired) electrons. The summed E-state index contributed by atoms with van der Waals surface area (Å²) in [6.07, 6.45) is 3.82. The molecule has 0 saturated carbocycles. The Morgan fingerprint density at radius 2 is 1.60 bits per heavy atom. The van der Waals surface area contributed by atoms with E-state index in [4.69, 9.17) is 9.47 Å². The van der Waals surface area contributed by atoms with E-state index in [1.165, 1.54) is 12.7 Å². The molecule has 0 fully saturated rings. The van der Waals surface area contributed by atoms with Gasteiger partial charge in [0.1, 0.15) is 0 Å². The number of allylic oxidation sites excluding steroid dienone is 1. The summed E-state index contributed by atoms with van der Waals surface area (Å²) in [5, 5.41) is 0. The minimum absolute atomic E-state index is 0.312. The molecule has 3 heteroatoms. The topological polar surface area (TPSA) is 35.5 Å². The quantitative estimate of drug-likeness (QED) is 0.239. The highest BCUT2D eigenvalue weighted by atomic mass is 16.5. The average Bonchev–Trinajstić information content (AvgIpc) is 2.79. The lowest BCUT2D eigenvalue weighted by molar-refractivity contribution is 0.0600. The molecule has 3 nitrogen and oxygen atoms in total. The van der Waals surface area contributed by atoms with Gasteiger partial charge in [-0.15, -0.1) is 0 Å². The molecule has 0 aromatic heterocycles. The van der Waals surface area contributed by atoms with Crippen LogP contribution in [0.3, 0.4) is 0 Å². The molecule has 0 unspecified atom stereocenters. The van der Waals surface area contributed by atoms with Crippen LogP contribution in [0.15, 0.2) is 78.9 Å². The molecule has 3 aromatic rings. The second-order valence-electron chi connectivity index (χ2n) is 7.21. The first-order valence-corrected chi connectivity index (χ1v) is 10.2. The van der Waals surface area contributed by atoms with E-state index in [9.17, 15) is 4.79 Å². The van der Waals surface area contributed by atoms with Gasteiger partial charge in [0.15, 0.2) is 0 Å². The van der Waals surface area contributed by atoms with Crippen molar-refractivity contribution < 1.29 is 14.3 Å². The summed E-state index contributed by atoms with van der Waals surface area (Å²) in [5.41, 5.74) is 6.01. The maximum Gasteiger partial charge on any atom is 0.338 e. The van der Waals surface area contributed by atoms with Crippen molar-refractivity contribution in [1.29, 1.82) is 0 Å². The van der Waals surface area contributed by atoms with Crippen molar-refractivity contribution in [2.75, 3.05) is 13.7 Å². The van der Waals surface area contributed by atoms with Gasteiger partial charge in [-0.1, -0.05) is 78.9 Å². The Balaban J connectivity index is 1.79. The minimum atomic E-state index is -0.312. The fourth-order valence-electron chi connectivity index (χ4n) is 3.52. The maximum absolute atomic E-state index is 12.4. The van der Waals surface area contributed by atoms with Crippen LogP contribution in [0, 0.1) is 6.92 Å². The number of hydrogen-bond donors (Lipinski definition) is 0. The molecule has 0 bridgehead atoms. The van der Waals surface area contributed by atoms with Crippen LogP contribution in [-0.4, -0.2) is 19.7 Å². The van der Waals surface area contributed by atoms with E-state index in [0.29, 0.717) is 18.8 Å². The van der Waals surface area contributed by atoms with Crippen LogP contribution in [0.1, 0.15) is 45.5 Å². The molecule has 0 saturated heterocycles. The molecule has 154 valence electrons. The van der Waals surface area contributed by atoms with Gasteiger partial charge in [0, 0.05) is 6.61 Å². The maximum atomic E-state index is 12.4. The summed E-state index contributed by atoms with van der Waals surface area (Å²) >= 11 is 0. The number of rotatable bonds is 9. The zero-order valence-corrected chi connectivity index (χ0v) is 17.6. The summed E-state index contributed by atoms with van der Waals surface area (Å²) in [6.45, 7) is 3.29. The molecule has 0 amide bonds. The van der Waals surface area contributed by atoms with Crippen molar-refractivity contribution in [3.63, 3.8) is 0 Å². The lowest BCUT2D eigenvalue weighted by Gasteiger charge is -2.16. The van der Waals surface area contributed by atoms with Gasteiger partial charge in [-0.2, -0.15) is 0 Å². The monoisotopic (exact) mass is 400 g/mol. The predicted octanol–water partition coefficient (Wildman–Crippen LogP) is 6.32. The molecule has 0 N–H and O–H groups in total. The van der Waals surface area contributed by atoms with Gasteiger partial charge in [0.2, 0.25) is 0 Å². The number of hydrogen-bond acceptors (Lipinski definition) is 3. The first-order valence-electron chi connectivity index (χ1n) is 10.2. The van der Waals surface area contributed by atoms with Crippen LogP contribution in [-0.2, 0) is 16.1 Å². The zero-order chi connectivity index (χ0) is 21.2. The number of methoxy groups -OCH3 is 1. The summed E-state index contributed by atoms with van der Waals surface area (Å²) in [5.74, 6) is -0.312. The van der Waals surface area contributed by atoms with E-state index >= 15 is 0 Å². The fourth-order valence-corrected chi connectivity index (χ4v) is 3.52. The second-order valence-corrected chi connectivity index (χ2v) is 7.21. The Morgan fingerprint density at radius 1 is 0.900 bits per heavy atom. The summed E-state index contributed by atoms with van der Waals surface area (Å²) in [4.78, 5) is 12.4. The Morgan fingerprint density at radius 3 is 2.30 bits per heavy atom. The van der Waals surface area contributed by atoms with Crippen LogP contribution in [0.4, 0.5) is 0 Å². The second kappa shape index (κ2) is 11.1. The third-order valence-corrected chi connectivity index (χ3v) is 4.99. The molecule has 0 atom stereocenters. The SMILES string of the molecule is COC(=O)c1cccc(C)c1/C(=C\c1ccccc1)CCCOCc1ccccc1. The number of aryl methyl sites for hydroxylation is 1. The fraction of sp³-hybridized carbons (Fsp3) is 0.222. The molecule has 0 spiro atoms. The van der Waals surface area contributed by atoms with Gasteiger partial charge < -0.3 is 9.47 Å². The van der Waals surface area contributed by atoms with Crippen molar-refractivity contribution in [3.8, 4) is 0 Å². The van der Waals surface area contributed by atoms with Crippen molar-refractivity contribution in [3.05, 3.63) is 107 Å². The molecule has 0 heterocycles.